The Morgan fingerprint density at radius 3 is 0.353 bits per heavy atom. The standard InChI is InChI=1S/CH4S.9CH4.6K.6H/c1-2;;;;;;;;;;;;;;;;;;;;;/h2H,1H3;9*1H4;;;;;;;;;;;;/q;;;;;;;;;;6*+1;6*-1/i;;;;;;;;;;;;;;;;6*1+1. The molecule has 0 rings (SSSR count). The molecule has 0 heterocycles. The molecule has 0 atom stereocenters. The molecule has 7 heteroatoms. The monoisotopic (exact) mass is 438 g/mol. The van der Waals surface area contributed by atoms with Crippen LogP contribution in [0.1, 0.15) is 75.4 Å². The molecular formula is C10H46K6S. The van der Waals surface area contributed by atoms with Crippen LogP contribution >= 0.6 is 12.6 Å². The van der Waals surface area contributed by atoms with Crippen LogP contribution in [0.25, 0.3) is 0 Å². The van der Waals surface area contributed by atoms with E-state index in [1.807, 2.05) is 0 Å². The van der Waals surface area contributed by atoms with Gasteiger partial charge in [-0.3, -0.25) is 0 Å². The van der Waals surface area contributed by atoms with E-state index in [0.717, 1.165) is 0 Å². The fourth-order valence-corrected chi connectivity index (χ4v) is 0. The van der Waals surface area contributed by atoms with Gasteiger partial charge in [0.15, 0.2) is 0 Å². The van der Waals surface area contributed by atoms with Crippen molar-refractivity contribution in [3.63, 3.8) is 0 Å². The van der Waals surface area contributed by atoms with Crippen LogP contribution < -0.4 is 308 Å². The zero-order valence-corrected chi connectivity index (χ0v) is 27.1. The molecule has 0 aliphatic carbocycles. The maximum Gasteiger partial charge on any atom is 1.00 e. The summed E-state index contributed by atoms with van der Waals surface area (Å²) >= 11 is 3.53. The second kappa shape index (κ2) is 160. The van der Waals surface area contributed by atoms with Crippen LogP contribution in [0.2, 0.25) is 0 Å². The molecule has 17 heavy (non-hydrogen) atoms. The molecule has 0 aromatic carbocycles. The molecule has 0 spiro atoms. The number of hydrogen-bond acceptors (Lipinski definition) is 1. The van der Waals surface area contributed by atoms with Crippen LogP contribution in [0.15, 0.2) is 0 Å². The van der Waals surface area contributed by atoms with E-state index in [9.17, 15) is 0 Å². The Hall–Kier alpha value is 10.2. The molecule has 0 saturated heterocycles. The van der Waals surface area contributed by atoms with Crippen LogP contribution in [0, 0.1) is 0 Å². The van der Waals surface area contributed by atoms with Crippen LogP contribution in [-0.2, 0) is 0 Å². The Morgan fingerprint density at radius 1 is 0.353 bits per heavy atom. The van der Waals surface area contributed by atoms with Crippen molar-refractivity contribution >= 4 is 12.6 Å². The summed E-state index contributed by atoms with van der Waals surface area (Å²) in [4.78, 5) is 0. The molecule has 0 saturated carbocycles. The van der Waals surface area contributed by atoms with Gasteiger partial charge in [-0.25, -0.2) is 0 Å². The maximum absolute atomic E-state index is 3.53. The molecule has 0 aromatic rings. The third kappa shape index (κ3) is 148. The minimum Gasteiger partial charge on any atom is -1.00 e. The number of thiol groups is 1. The van der Waals surface area contributed by atoms with Crippen LogP contribution in [-0.4, -0.2) is 6.26 Å². The fraction of sp³-hybridized carbons (Fsp3) is 1.00. The Labute approximate surface area is 389 Å². The first-order valence-electron chi connectivity index (χ1n) is 0.447. The summed E-state index contributed by atoms with van der Waals surface area (Å²) in [5.74, 6) is 0. The van der Waals surface area contributed by atoms with Crippen molar-refractivity contribution in [2.24, 2.45) is 0 Å². The van der Waals surface area contributed by atoms with Gasteiger partial charge >= 0.3 is 308 Å². The van der Waals surface area contributed by atoms with Gasteiger partial charge in [-0.15, -0.1) is 0 Å². The molecule has 0 unspecified atom stereocenters. The van der Waals surface area contributed by atoms with Crippen molar-refractivity contribution < 1.29 is 317 Å². The molecule has 0 radical (unpaired) electrons. The molecule has 98 valence electrons. The van der Waals surface area contributed by atoms with Gasteiger partial charge in [-0.05, 0) is 6.26 Å². The Bertz CT molecular complexity index is 39.8. The smallest absolute Gasteiger partial charge is 1.00 e. The largest absolute Gasteiger partial charge is 1.00 e. The molecule has 0 aliphatic heterocycles. The second-order valence-corrected chi connectivity index (χ2v) is 0. The molecule has 0 N–H and O–H groups in total. The van der Waals surface area contributed by atoms with Crippen LogP contribution in [0.5, 0.6) is 0 Å². The van der Waals surface area contributed by atoms with Crippen molar-refractivity contribution in [2.45, 2.75) is 66.8 Å². The van der Waals surface area contributed by atoms with E-state index in [-0.39, 0.29) is 384 Å². The van der Waals surface area contributed by atoms with E-state index in [4.69, 9.17) is 0 Å². The second-order valence-electron chi connectivity index (χ2n) is 0. The van der Waals surface area contributed by atoms with Gasteiger partial charge in [-0.1, -0.05) is 66.8 Å². The third-order valence-electron chi connectivity index (χ3n) is 0. The van der Waals surface area contributed by atoms with Gasteiger partial charge in [-0.2, -0.15) is 12.6 Å². The van der Waals surface area contributed by atoms with Crippen molar-refractivity contribution in [2.75, 3.05) is 6.26 Å². The average molecular weight is 439 g/mol. The zero-order chi connectivity index (χ0) is 2.00. The summed E-state index contributed by atoms with van der Waals surface area (Å²) in [7, 11) is 0. The molecule has 0 bridgehead atoms. The molecule has 0 aliphatic rings. The summed E-state index contributed by atoms with van der Waals surface area (Å²) in [6.45, 7) is 0. The van der Waals surface area contributed by atoms with Gasteiger partial charge in [0.25, 0.3) is 0 Å². The Morgan fingerprint density at radius 2 is 0.353 bits per heavy atom. The summed E-state index contributed by atoms with van der Waals surface area (Å²) in [6.07, 6.45) is 1.69. The third-order valence-corrected chi connectivity index (χ3v) is 0. The van der Waals surface area contributed by atoms with Gasteiger partial charge in [0, 0.05) is 0 Å². The summed E-state index contributed by atoms with van der Waals surface area (Å²) < 4.78 is 0. The quantitative estimate of drug-likeness (QED) is 0.282. The van der Waals surface area contributed by atoms with E-state index in [1.54, 1.807) is 6.26 Å². The van der Waals surface area contributed by atoms with Crippen LogP contribution in [0.4, 0.5) is 0 Å². The van der Waals surface area contributed by atoms with Gasteiger partial charge < -0.3 is 8.56 Å². The van der Waals surface area contributed by atoms with Gasteiger partial charge in [0.05, 0.1) is 0 Å². The molecule has 0 nitrogen and oxygen atoms in total. The Balaban J connectivity index is -0.0000000000238. The van der Waals surface area contributed by atoms with E-state index in [1.165, 1.54) is 0 Å². The van der Waals surface area contributed by atoms with Crippen molar-refractivity contribution in [3.05, 3.63) is 0 Å². The van der Waals surface area contributed by atoms with E-state index in [2.05, 4.69) is 12.6 Å². The molecule has 0 aromatic heterocycles. The van der Waals surface area contributed by atoms with Crippen molar-refractivity contribution in [1.82, 2.24) is 0 Å². The number of rotatable bonds is 0. The average Bonchev–Trinajstić information content (AvgIpc) is 1.00. The minimum atomic E-state index is 0. The van der Waals surface area contributed by atoms with E-state index in [0.29, 0.717) is 0 Å². The molecule has 0 amide bonds. The van der Waals surface area contributed by atoms with Crippen molar-refractivity contribution in [1.29, 1.82) is 0 Å². The van der Waals surface area contributed by atoms with E-state index < -0.39 is 0 Å². The first kappa shape index (κ1) is 149. The van der Waals surface area contributed by atoms with E-state index >= 15 is 0 Å². The first-order valence-corrected chi connectivity index (χ1v) is 1.34. The summed E-state index contributed by atoms with van der Waals surface area (Å²) in [5.41, 5.74) is 0. The normalized spacial score (nSPS) is 0.353. The molecule has 0 fully saturated rings. The zero-order valence-electron chi connectivity index (χ0n) is 13.4. The Kier molecular flexibility index (Phi) is 1410. The van der Waals surface area contributed by atoms with Crippen molar-refractivity contribution in [3.8, 4) is 0 Å². The fourth-order valence-electron chi connectivity index (χ4n) is 0. The maximum atomic E-state index is 3.53. The summed E-state index contributed by atoms with van der Waals surface area (Å²) in [5, 5.41) is 0. The minimum absolute atomic E-state index is 0. The van der Waals surface area contributed by atoms with Crippen LogP contribution in [0.3, 0.4) is 0 Å². The van der Waals surface area contributed by atoms with Gasteiger partial charge in [0.1, 0.15) is 0 Å². The SMILES string of the molecule is C.C.C.C.C.C.C.C.C.CS.[2H-].[2H-].[2H-].[2H-].[2H-].[2H-].[K+].[K+].[K+].[K+].[K+].[K+]. The summed E-state index contributed by atoms with van der Waals surface area (Å²) in [6, 6.07) is 0. The number of hydrogen-bond donors (Lipinski definition) is 1. The van der Waals surface area contributed by atoms with Gasteiger partial charge in [0.2, 0.25) is 0 Å². The first-order chi connectivity index (χ1) is 1.00. The molecular weight excluding hydrogens is 387 g/mol. The predicted molar refractivity (Wildman–Crippen MR) is 82.2 cm³/mol. The predicted octanol–water partition coefficient (Wildman–Crippen LogP) is -11.0. The topological polar surface area (TPSA) is 0 Å².